The Balaban J connectivity index is 2.23. The maximum atomic E-state index is 6.16. The number of halogens is 1. The maximum Gasteiger partial charge on any atom is 0.143 e. The zero-order valence-electron chi connectivity index (χ0n) is 10.7. The normalized spacial score (nSPS) is 10.4. The van der Waals surface area contributed by atoms with Crippen LogP contribution in [0.15, 0.2) is 52.3 Å². The quantitative estimate of drug-likeness (QED) is 0.799. The van der Waals surface area contributed by atoms with Gasteiger partial charge in [-0.05, 0) is 30.7 Å². The van der Waals surface area contributed by atoms with E-state index in [1.165, 1.54) is 0 Å². The summed E-state index contributed by atoms with van der Waals surface area (Å²) in [6.07, 6.45) is 0.960. The van der Waals surface area contributed by atoms with E-state index in [1.807, 2.05) is 42.5 Å². The average Bonchev–Trinajstić information content (AvgIpc) is 2.42. The fraction of sp³-hybridized carbons (Fsp3) is 0.200. The van der Waals surface area contributed by atoms with E-state index in [9.17, 15) is 0 Å². The first-order valence-corrected chi connectivity index (χ1v) is 7.35. The predicted octanol–water partition coefficient (Wildman–Crippen LogP) is 4.86. The lowest BCUT2D eigenvalue weighted by molar-refractivity contribution is 0.318. The number of nitrogen functional groups attached to an aromatic ring is 1. The number of anilines is 1. The minimum atomic E-state index is 0.667. The summed E-state index contributed by atoms with van der Waals surface area (Å²) in [6, 6.07) is 13.5. The second kappa shape index (κ2) is 6.73. The molecule has 0 unspecified atom stereocenters. The number of hydrogen-bond acceptors (Lipinski definition) is 3. The molecule has 0 fully saturated rings. The molecule has 0 aliphatic carbocycles. The van der Waals surface area contributed by atoms with Crippen LogP contribution in [0.1, 0.15) is 13.3 Å². The third-order valence-electron chi connectivity index (χ3n) is 2.54. The van der Waals surface area contributed by atoms with Crippen molar-refractivity contribution in [1.82, 2.24) is 0 Å². The number of benzene rings is 2. The summed E-state index contributed by atoms with van der Waals surface area (Å²) >= 11 is 7.71. The van der Waals surface area contributed by atoms with E-state index >= 15 is 0 Å². The molecule has 0 saturated heterocycles. The molecule has 19 heavy (non-hydrogen) atoms. The van der Waals surface area contributed by atoms with Crippen molar-refractivity contribution in [1.29, 1.82) is 0 Å². The van der Waals surface area contributed by atoms with Gasteiger partial charge in [0, 0.05) is 9.79 Å². The molecule has 0 amide bonds. The number of hydrogen-bond donors (Lipinski definition) is 1. The van der Waals surface area contributed by atoms with Gasteiger partial charge >= 0.3 is 0 Å². The Kier molecular flexibility index (Phi) is 5.00. The number of rotatable bonds is 5. The van der Waals surface area contributed by atoms with Gasteiger partial charge in [-0.2, -0.15) is 0 Å². The highest BCUT2D eigenvalue weighted by atomic mass is 35.5. The van der Waals surface area contributed by atoms with Crippen LogP contribution in [0.5, 0.6) is 5.75 Å². The Bertz CT molecular complexity index is 560. The molecule has 2 aromatic carbocycles. The second-order valence-electron chi connectivity index (χ2n) is 4.05. The summed E-state index contributed by atoms with van der Waals surface area (Å²) in [5, 5.41) is 0.728. The molecular weight excluding hydrogens is 278 g/mol. The minimum absolute atomic E-state index is 0.667. The van der Waals surface area contributed by atoms with Gasteiger partial charge in [-0.15, -0.1) is 0 Å². The minimum Gasteiger partial charge on any atom is -0.491 e. The lowest BCUT2D eigenvalue weighted by Gasteiger charge is -2.12. The Morgan fingerprint density at radius 2 is 1.84 bits per heavy atom. The highest BCUT2D eigenvalue weighted by Crippen LogP contribution is 2.39. The Hall–Kier alpha value is -1.32. The molecule has 4 heteroatoms. The van der Waals surface area contributed by atoms with Gasteiger partial charge in [0.05, 0.1) is 17.3 Å². The van der Waals surface area contributed by atoms with Crippen LogP contribution in [0, 0.1) is 0 Å². The number of ether oxygens (including phenoxy) is 1. The molecule has 0 radical (unpaired) electrons. The molecule has 0 aliphatic heterocycles. The van der Waals surface area contributed by atoms with Crippen molar-refractivity contribution in [2.45, 2.75) is 23.1 Å². The summed E-state index contributed by atoms with van der Waals surface area (Å²) < 4.78 is 5.62. The van der Waals surface area contributed by atoms with Crippen molar-refractivity contribution in [2.24, 2.45) is 0 Å². The van der Waals surface area contributed by atoms with Gasteiger partial charge in [-0.3, -0.25) is 0 Å². The third-order valence-corrected chi connectivity index (χ3v) is 4.14. The molecule has 0 aromatic heterocycles. The Labute approximate surface area is 122 Å². The van der Waals surface area contributed by atoms with Crippen LogP contribution in [0.4, 0.5) is 5.69 Å². The van der Waals surface area contributed by atoms with Crippen LogP contribution in [0.3, 0.4) is 0 Å². The van der Waals surface area contributed by atoms with E-state index in [-0.39, 0.29) is 0 Å². The van der Waals surface area contributed by atoms with Crippen LogP contribution < -0.4 is 10.5 Å². The first kappa shape index (κ1) is 14.1. The second-order valence-corrected chi connectivity index (χ2v) is 5.54. The molecule has 2 nitrogen and oxygen atoms in total. The van der Waals surface area contributed by atoms with E-state index in [0.717, 1.165) is 27.0 Å². The van der Waals surface area contributed by atoms with Gasteiger partial charge < -0.3 is 10.5 Å². The van der Waals surface area contributed by atoms with Gasteiger partial charge in [-0.25, -0.2) is 0 Å². The van der Waals surface area contributed by atoms with Crippen molar-refractivity contribution in [2.75, 3.05) is 12.3 Å². The lowest BCUT2D eigenvalue weighted by Crippen LogP contribution is -1.99. The van der Waals surface area contributed by atoms with Gasteiger partial charge in [0.2, 0.25) is 0 Å². The van der Waals surface area contributed by atoms with Crippen LogP contribution in [0.25, 0.3) is 0 Å². The largest absolute Gasteiger partial charge is 0.491 e. The summed E-state index contributed by atoms with van der Waals surface area (Å²) in [6.45, 7) is 2.74. The summed E-state index contributed by atoms with van der Waals surface area (Å²) in [5.74, 6) is 0.735. The first-order chi connectivity index (χ1) is 9.22. The summed E-state index contributed by atoms with van der Waals surface area (Å²) in [4.78, 5) is 1.95. The zero-order chi connectivity index (χ0) is 13.7. The van der Waals surface area contributed by atoms with Crippen molar-refractivity contribution >= 4 is 29.1 Å². The van der Waals surface area contributed by atoms with E-state index in [2.05, 4.69) is 6.92 Å². The van der Waals surface area contributed by atoms with Crippen LogP contribution >= 0.6 is 23.4 Å². The molecule has 2 rings (SSSR count). The van der Waals surface area contributed by atoms with Crippen molar-refractivity contribution in [3.8, 4) is 5.75 Å². The summed E-state index contributed by atoms with van der Waals surface area (Å²) in [5.41, 5.74) is 6.80. The standard InChI is InChI=1S/C15H16ClNOS/c1-2-10-18-12-7-5-9-14(15(12)17)19-13-8-4-3-6-11(13)16/h3-9H,2,10,17H2,1H3. The van der Waals surface area contributed by atoms with Crippen LogP contribution in [-0.4, -0.2) is 6.61 Å². The molecule has 100 valence electrons. The predicted molar refractivity (Wildman–Crippen MR) is 82.2 cm³/mol. The van der Waals surface area contributed by atoms with E-state index in [0.29, 0.717) is 12.3 Å². The average molecular weight is 294 g/mol. The maximum absolute atomic E-state index is 6.16. The van der Waals surface area contributed by atoms with E-state index in [1.54, 1.807) is 11.8 Å². The molecule has 0 saturated carbocycles. The lowest BCUT2D eigenvalue weighted by atomic mass is 10.3. The first-order valence-electron chi connectivity index (χ1n) is 6.16. The highest BCUT2D eigenvalue weighted by molar-refractivity contribution is 7.99. The van der Waals surface area contributed by atoms with Gasteiger partial charge in [0.15, 0.2) is 0 Å². The molecule has 0 aliphatic rings. The Morgan fingerprint density at radius 3 is 2.58 bits per heavy atom. The van der Waals surface area contributed by atoms with Gasteiger partial charge in [0.1, 0.15) is 5.75 Å². The summed E-state index contributed by atoms with van der Waals surface area (Å²) in [7, 11) is 0. The molecule has 0 bridgehead atoms. The topological polar surface area (TPSA) is 35.2 Å². The molecule has 0 heterocycles. The van der Waals surface area contributed by atoms with Gasteiger partial charge in [0.25, 0.3) is 0 Å². The number of para-hydroxylation sites is 1. The highest BCUT2D eigenvalue weighted by Gasteiger charge is 2.09. The molecule has 0 atom stereocenters. The SMILES string of the molecule is CCCOc1cccc(Sc2ccccc2Cl)c1N. The van der Waals surface area contributed by atoms with Crippen LogP contribution in [-0.2, 0) is 0 Å². The smallest absolute Gasteiger partial charge is 0.143 e. The zero-order valence-corrected chi connectivity index (χ0v) is 12.3. The molecule has 0 spiro atoms. The van der Waals surface area contributed by atoms with Gasteiger partial charge in [-0.1, -0.05) is 48.5 Å². The fourth-order valence-corrected chi connectivity index (χ4v) is 2.75. The molecule has 2 N–H and O–H groups in total. The van der Waals surface area contributed by atoms with E-state index < -0.39 is 0 Å². The van der Waals surface area contributed by atoms with Crippen LogP contribution in [0.2, 0.25) is 5.02 Å². The van der Waals surface area contributed by atoms with Crippen molar-refractivity contribution in [3.63, 3.8) is 0 Å². The molecular formula is C15H16ClNOS. The monoisotopic (exact) mass is 293 g/mol. The third kappa shape index (κ3) is 3.58. The van der Waals surface area contributed by atoms with E-state index in [4.69, 9.17) is 22.1 Å². The van der Waals surface area contributed by atoms with Crippen molar-refractivity contribution in [3.05, 3.63) is 47.5 Å². The number of nitrogens with two attached hydrogens (primary N) is 1. The fourth-order valence-electron chi connectivity index (χ4n) is 1.60. The molecule has 2 aromatic rings. The van der Waals surface area contributed by atoms with Crippen molar-refractivity contribution < 1.29 is 4.74 Å². The Morgan fingerprint density at radius 1 is 1.11 bits per heavy atom.